The van der Waals surface area contributed by atoms with E-state index in [1.807, 2.05) is 12.1 Å². The van der Waals surface area contributed by atoms with Crippen molar-refractivity contribution in [1.29, 1.82) is 0 Å². The second-order valence-corrected chi connectivity index (χ2v) is 5.57. The van der Waals surface area contributed by atoms with E-state index in [4.69, 9.17) is 40.5 Å². The van der Waals surface area contributed by atoms with Gasteiger partial charge in [0.25, 0.3) is 0 Å². The molecule has 0 fully saturated rings. The van der Waals surface area contributed by atoms with Gasteiger partial charge in [0.1, 0.15) is 5.82 Å². The summed E-state index contributed by atoms with van der Waals surface area (Å²) in [6.07, 6.45) is 0. The minimum absolute atomic E-state index is 0.203. The molecule has 0 saturated heterocycles. The highest BCUT2D eigenvalue weighted by Gasteiger charge is 2.09. The molecule has 0 atom stereocenters. The van der Waals surface area contributed by atoms with Gasteiger partial charge in [-0.3, -0.25) is 0 Å². The summed E-state index contributed by atoms with van der Waals surface area (Å²) < 4.78 is 0.882. The lowest BCUT2D eigenvalue weighted by atomic mass is 10.3. The van der Waals surface area contributed by atoms with Crippen LogP contribution < -0.4 is 11.1 Å². The number of halogens is 4. The number of aromatic nitrogens is 1. The van der Waals surface area contributed by atoms with Crippen LogP contribution in [0, 0.1) is 0 Å². The minimum Gasteiger partial charge on any atom is -0.382 e. The topological polar surface area (TPSA) is 50.9 Å². The molecule has 3 N–H and O–H groups in total. The highest BCUT2D eigenvalue weighted by molar-refractivity contribution is 9.10. The number of nitrogens with zero attached hydrogens (tertiary/aromatic N) is 1. The fourth-order valence-corrected chi connectivity index (χ4v) is 2.22. The molecule has 7 heteroatoms. The Bertz CT molecular complexity index is 604. The molecule has 94 valence electrons. The van der Waals surface area contributed by atoms with Crippen molar-refractivity contribution in [2.45, 2.75) is 0 Å². The summed E-state index contributed by atoms with van der Waals surface area (Å²) in [4.78, 5) is 4.07. The molecule has 2 aromatic rings. The van der Waals surface area contributed by atoms with Gasteiger partial charge >= 0.3 is 0 Å². The number of nitrogens with one attached hydrogen (secondary N) is 1. The third-order valence-electron chi connectivity index (χ3n) is 2.14. The van der Waals surface area contributed by atoms with E-state index < -0.39 is 0 Å². The fraction of sp³-hybridized carbons (Fsp3) is 0. The Hall–Kier alpha value is -0.680. The van der Waals surface area contributed by atoms with Crippen LogP contribution >= 0.6 is 50.7 Å². The maximum atomic E-state index is 6.06. The van der Waals surface area contributed by atoms with E-state index in [-0.39, 0.29) is 5.82 Å². The Morgan fingerprint density at radius 2 is 1.78 bits per heavy atom. The Labute approximate surface area is 127 Å². The molecule has 3 nitrogen and oxygen atoms in total. The van der Waals surface area contributed by atoms with Gasteiger partial charge in [-0.15, -0.1) is 0 Å². The van der Waals surface area contributed by atoms with E-state index >= 15 is 0 Å². The normalized spacial score (nSPS) is 10.4. The second-order valence-electron chi connectivity index (χ2n) is 3.44. The van der Waals surface area contributed by atoms with Crippen LogP contribution in [0.4, 0.5) is 17.3 Å². The average molecular weight is 367 g/mol. The van der Waals surface area contributed by atoms with Gasteiger partial charge in [-0.2, -0.15) is 0 Å². The number of hydrogen-bond donors (Lipinski definition) is 2. The van der Waals surface area contributed by atoms with Crippen molar-refractivity contribution in [1.82, 2.24) is 4.98 Å². The van der Waals surface area contributed by atoms with Crippen LogP contribution in [0.15, 0.2) is 28.7 Å². The van der Waals surface area contributed by atoms with Crippen molar-refractivity contribution >= 4 is 68.1 Å². The van der Waals surface area contributed by atoms with E-state index in [1.54, 1.807) is 6.07 Å². The zero-order chi connectivity index (χ0) is 13.3. The SMILES string of the molecule is Nc1nc(Nc2cc(Br)ccc2Cl)c(Cl)cc1Cl. The Balaban J connectivity index is 2.40. The largest absolute Gasteiger partial charge is 0.382 e. The van der Waals surface area contributed by atoms with Crippen LogP contribution in [-0.4, -0.2) is 4.98 Å². The second kappa shape index (κ2) is 5.53. The molecule has 0 amide bonds. The molecule has 1 aromatic carbocycles. The van der Waals surface area contributed by atoms with Crippen molar-refractivity contribution in [2.75, 3.05) is 11.1 Å². The summed E-state index contributed by atoms with van der Waals surface area (Å²) in [5.41, 5.74) is 6.30. The first-order chi connectivity index (χ1) is 8.47. The van der Waals surface area contributed by atoms with Gasteiger partial charge in [-0.05, 0) is 24.3 Å². The summed E-state index contributed by atoms with van der Waals surface area (Å²) >= 11 is 21.3. The number of rotatable bonds is 2. The first-order valence-corrected chi connectivity index (χ1v) is 6.73. The summed E-state index contributed by atoms with van der Waals surface area (Å²) in [6, 6.07) is 6.92. The lowest BCUT2D eigenvalue weighted by Gasteiger charge is -2.10. The van der Waals surface area contributed by atoms with Gasteiger partial charge in [-0.1, -0.05) is 50.7 Å². The van der Waals surface area contributed by atoms with Crippen molar-refractivity contribution in [3.63, 3.8) is 0 Å². The maximum absolute atomic E-state index is 6.06. The van der Waals surface area contributed by atoms with Crippen LogP contribution in [0.2, 0.25) is 15.1 Å². The monoisotopic (exact) mass is 365 g/mol. The third-order valence-corrected chi connectivity index (χ3v) is 3.55. The average Bonchev–Trinajstić information content (AvgIpc) is 2.30. The predicted octanol–water partition coefficient (Wildman–Crippen LogP) is 5.13. The molecule has 1 aromatic heterocycles. The standard InChI is InChI=1S/C11H7BrCl3N3/c12-5-1-2-6(13)9(3-5)17-11-8(15)4-7(14)10(16)18-11/h1-4H,(H3,16,17,18). The maximum Gasteiger partial charge on any atom is 0.151 e. The van der Waals surface area contributed by atoms with E-state index in [0.717, 1.165) is 4.47 Å². The van der Waals surface area contributed by atoms with E-state index in [0.29, 0.717) is 26.6 Å². The van der Waals surface area contributed by atoms with Crippen LogP contribution in [0.25, 0.3) is 0 Å². The van der Waals surface area contributed by atoms with Crippen LogP contribution in [-0.2, 0) is 0 Å². The van der Waals surface area contributed by atoms with E-state index in [9.17, 15) is 0 Å². The number of anilines is 3. The highest BCUT2D eigenvalue weighted by Crippen LogP contribution is 2.33. The first-order valence-electron chi connectivity index (χ1n) is 4.81. The molecule has 18 heavy (non-hydrogen) atoms. The molecule has 0 aliphatic heterocycles. The van der Waals surface area contributed by atoms with Gasteiger partial charge in [0.2, 0.25) is 0 Å². The lowest BCUT2D eigenvalue weighted by Crippen LogP contribution is -1.99. The van der Waals surface area contributed by atoms with Crippen molar-refractivity contribution in [3.8, 4) is 0 Å². The van der Waals surface area contributed by atoms with Gasteiger partial charge in [0, 0.05) is 4.47 Å². The van der Waals surface area contributed by atoms with Crippen LogP contribution in [0.1, 0.15) is 0 Å². The van der Waals surface area contributed by atoms with Crippen molar-refractivity contribution in [2.24, 2.45) is 0 Å². The summed E-state index contributed by atoms with van der Waals surface area (Å²) in [5, 5.41) is 4.23. The van der Waals surface area contributed by atoms with Crippen molar-refractivity contribution < 1.29 is 0 Å². The molecule has 2 rings (SSSR count). The fourth-order valence-electron chi connectivity index (χ4n) is 1.29. The molecular weight excluding hydrogens is 360 g/mol. The first kappa shape index (κ1) is 13.7. The Morgan fingerprint density at radius 1 is 1.06 bits per heavy atom. The predicted molar refractivity (Wildman–Crippen MR) is 81.1 cm³/mol. The highest BCUT2D eigenvalue weighted by atomic mass is 79.9. The number of nitrogen functional groups attached to an aromatic ring is 1. The number of benzene rings is 1. The zero-order valence-corrected chi connectivity index (χ0v) is 12.7. The Kier molecular flexibility index (Phi) is 4.22. The smallest absolute Gasteiger partial charge is 0.151 e. The lowest BCUT2D eigenvalue weighted by molar-refractivity contribution is 1.31. The molecule has 0 radical (unpaired) electrons. The van der Waals surface area contributed by atoms with Crippen molar-refractivity contribution in [3.05, 3.63) is 43.8 Å². The molecule has 0 aliphatic carbocycles. The van der Waals surface area contributed by atoms with Gasteiger partial charge in [0.05, 0.1) is 20.8 Å². The van der Waals surface area contributed by atoms with Gasteiger partial charge in [-0.25, -0.2) is 4.98 Å². The molecule has 0 spiro atoms. The zero-order valence-electron chi connectivity index (χ0n) is 8.85. The number of nitrogens with two attached hydrogens (primary N) is 1. The summed E-state index contributed by atoms with van der Waals surface area (Å²) in [5.74, 6) is 0.605. The van der Waals surface area contributed by atoms with Gasteiger partial charge in [0.15, 0.2) is 5.82 Å². The van der Waals surface area contributed by atoms with Gasteiger partial charge < -0.3 is 11.1 Å². The molecule has 0 saturated carbocycles. The molecular formula is C11H7BrCl3N3. The molecule has 0 bridgehead atoms. The summed E-state index contributed by atoms with van der Waals surface area (Å²) in [6.45, 7) is 0. The van der Waals surface area contributed by atoms with E-state index in [1.165, 1.54) is 6.07 Å². The molecule has 1 heterocycles. The number of hydrogen-bond acceptors (Lipinski definition) is 3. The van der Waals surface area contributed by atoms with E-state index in [2.05, 4.69) is 26.2 Å². The molecule has 0 unspecified atom stereocenters. The Morgan fingerprint density at radius 3 is 2.50 bits per heavy atom. The van der Waals surface area contributed by atoms with Crippen LogP contribution in [0.5, 0.6) is 0 Å². The quantitative estimate of drug-likeness (QED) is 0.774. The molecule has 0 aliphatic rings. The number of pyridine rings is 1. The summed E-state index contributed by atoms with van der Waals surface area (Å²) in [7, 11) is 0. The minimum atomic E-state index is 0.203. The van der Waals surface area contributed by atoms with Crippen LogP contribution in [0.3, 0.4) is 0 Å². The third kappa shape index (κ3) is 3.01.